The van der Waals surface area contributed by atoms with Crippen LogP contribution < -0.4 is 5.32 Å². The van der Waals surface area contributed by atoms with Crippen molar-refractivity contribution in [2.75, 3.05) is 6.54 Å². The van der Waals surface area contributed by atoms with Crippen LogP contribution in [0.2, 0.25) is 0 Å². The first-order valence-electron chi connectivity index (χ1n) is 4.47. The molecule has 1 aliphatic heterocycles. The number of rotatable bonds is 0. The standard InChI is InChI=1S/C9H10N4/c1-3-11-9-12-7-2-4-10-6-8(7)13(9)5-1/h1,3,5,10H,2,4,6H2. The van der Waals surface area contributed by atoms with E-state index in [1.54, 1.807) is 6.20 Å². The summed E-state index contributed by atoms with van der Waals surface area (Å²) in [4.78, 5) is 8.68. The Kier molecular flexibility index (Phi) is 1.37. The fraction of sp³-hybridized carbons (Fsp3) is 0.333. The topological polar surface area (TPSA) is 42.2 Å². The lowest BCUT2D eigenvalue weighted by molar-refractivity contribution is 0.621. The van der Waals surface area contributed by atoms with Gasteiger partial charge in [0.25, 0.3) is 0 Å². The third-order valence-electron chi connectivity index (χ3n) is 2.42. The van der Waals surface area contributed by atoms with Crippen LogP contribution in [0.15, 0.2) is 18.5 Å². The van der Waals surface area contributed by atoms with Crippen LogP contribution in [-0.4, -0.2) is 20.9 Å². The summed E-state index contributed by atoms with van der Waals surface area (Å²) in [5.74, 6) is 0.816. The summed E-state index contributed by atoms with van der Waals surface area (Å²) in [5, 5.41) is 3.33. The van der Waals surface area contributed by atoms with Gasteiger partial charge >= 0.3 is 0 Å². The van der Waals surface area contributed by atoms with Gasteiger partial charge in [-0.15, -0.1) is 0 Å². The molecule has 0 bridgehead atoms. The minimum absolute atomic E-state index is 0.816. The van der Waals surface area contributed by atoms with E-state index in [-0.39, 0.29) is 0 Å². The molecule has 0 unspecified atom stereocenters. The van der Waals surface area contributed by atoms with Crippen molar-refractivity contribution in [2.45, 2.75) is 13.0 Å². The van der Waals surface area contributed by atoms with Gasteiger partial charge in [-0.3, -0.25) is 4.40 Å². The Morgan fingerprint density at radius 3 is 3.46 bits per heavy atom. The summed E-state index contributed by atoms with van der Waals surface area (Å²) >= 11 is 0. The Morgan fingerprint density at radius 2 is 2.46 bits per heavy atom. The molecule has 2 aromatic rings. The van der Waals surface area contributed by atoms with E-state index in [1.807, 2.05) is 12.3 Å². The number of fused-ring (bicyclic) bond motifs is 3. The molecule has 4 nitrogen and oxygen atoms in total. The van der Waals surface area contributed by atoms with Gasteiger partial charge in [-0.25, -0.2) is 9.97 Å². The van der Waals surface area contributed by atoms with Gasteiger partial charge in [0.1, 0.15) is 0 Å². The molecule has 0 spiro atoms. The molecule has 0 radical (unpaired) electrons. The molecule has 0 amide bonds. The lowest BCUT2D eigenvalue weighted by Gasteiger charge is -2.11. The van der Waals surface area contributed by atoms with Gasteiger partial charge in [-0.05, 0) is 6.07 Å². The lowest BCUT2D eigenvalue weighted by atomic mass is 10.2. The first-order chi connectivity index (χ1) is 6.45. The molecular weight excluding hydrogens is 164 g/mol. The number of nitrogens with one attached hydrogen (secondary N) is 1. The number of hydrogen-bond acceptors (Lipinski definition) is 3. The molecule has 2 aromatic heterocycles. The molecule has 0 saturated carbocycles. The third kappa shape index (κ3) is 0.954. The maximum atomic E-state index is 4.47. The highest BCUT2D eigenvalue weighted by Gasteiger charge is 2.15. The number of nitrogens with zero attached hydrogens (tertiary/aromatic N) is 3. The summed E-state index contributed by atoms with van der Waals surface area (Å²) in [6.07, 6.45) is 4.81. The Hall–Kier alpha value is -1.42. The molecule has 4 heteroatoms. The van der Waals surface area contributed by atoms with Crippen LogP contribution in [0.1, 0.15) is 11.4 Å². The summed E-state index contributed by atoms with van der Waals surface area (Å²) < 4.78 is 2.06. The number of aromatic nitrogens is 3. The van der Waals surface area contributed by atoms with E-state index < -0.39 is 0 Å². The molecule has 3 rings (SSSR count). The van der Waals surface area contributed by atoms with Gasteiger partial charge in [0, 0.05) is 31.9 Å². The zero-order chi connectivity index (χ0) is 8.67. The predicted octanol–water partition coefficient (Wildman–Crippen LogP) is 0.375. The van der Waals surface area contributed by atoms with E-state index in [4.69, 9.17) is 0 Å². The second-order valence-electron chi connectivity index (χ2n) is 3.22. The molecular formula is C9H10N4. The Labute approximate surface area is 75.6 Å². The Balaban J connectivity index is 2.34. The molecule has 0 saturated heterocycles. The number of hydrogen-bond donors (Lipinski definition) is 1. The molecule has 66 valence electrons. The van der Waals surface area contributed by atoms with Crippen molar-refractivity contribution >= 4 is 5.78 Å². The quantitative estimate of drug-likeness (QED) is 0.627. The molecule has 0 aromatic carbocycles. The van der Waals surface area contributed by atoms with Crippen molar-refractivity contribution < 1.29 is 0 Å². The zero-order valence-electron chi connectivity index (χ0n) is 7.20. The summed E-state index contributed by atoms with van der Waals surface area (Å²) in [7, 11) is 0. The average molecular weight is 174 g/mol. The van der Waals surface area contributed by atoms with Crippen molar-refractivity contribution in [1.29, 1.82) is 0 Å². The fourth-order valence-electron chi connectivity index (χ4n) is 1.78. The molecule has 13 heavy (non-hydrogen) atoms. The molecule has 1 aliphatic rings. The Morgan fingerprint density at radius 1 is 1.46 bits per heavy atom. The smallest absolute Gasteiger partial charge is 0.234 e. The lowest BCUT2D eigenvalue weighted by Crippen LogP contribution is -2.24. The number of imidazole rings is 1. The van der Waals surface area contributed by atoms with E-state index >= 15 is 0 Å². The van der Waals surface area contributed by atoms with E-state index in [0.29, 0.717) is 0 Å². The van der Waals surface area contributed by atoms with Crippen molar-refractivity contribution in [3.8, 4) is 0 Å². The van der Waals surface area contributed by atoms with Crippen molar-refractivity contribution in [3.05, 3.63) is 29.8 Å². The Bertz CT molecular complexity index is 446. The molecule has 0 fully saturated rings. The summed E-state index contributed by atoms with van der Waals surface area (Å²) in [6, 6.07) is 1.93. The van der Waals surface area contributed by atoms with Crippen molar-refractivity contribution in [3.63, 3.8) is 0 Å². The van der Waals surface area contributed by atoms with Crippen LogP contribution in [-0.2, 0) is 13.0 Å². The van der Waals surface area contributed by atoms with Crippen LogP contribution in [0.5, 0.6) is 0 Å². The van der Waals surface area contributed by atoms with E-state index in [9.17, 15) is 0 Å². The van der Waals surface area contributed by atoms with Crippen LogP contribution in [0.3, 0.4) is 0 Å². The van der Waals surface area contributed by atoms with Gasteiger partial charge in [-0.2, -0.15) is 0 Å². The van der Waals surface area contributed by atoms with Crippen molar-refractivity contribution in [1.82, 2.24) is 19.7 Å². The highest BCUT2D eigenvalue weighted by molar-refractivity contribution is 5.36. The van der Waals surface area contributed by atoms with E-state index in [1.165, 1.54) is 11.4 Å². The zero-order valence-corrected chi connectivity index (χ0v) is 7.20. The van der Waals surface area contributed by atoms with Gasteiger partial charge in [0.15, 0.2) is 0 Å². The minimum atomic E-state index is 0.816. The largest absolute Gasteiger partial charge is 0.311 e. The second kappa shape index (κ2) is 2.53. The monoisotopic (exact) mass is 174 g/mol. The van der Waals surface area contributed by atoms with E-state index in [2.05, 4.69) is 19.7 Å². The summed E-state index contributed by atoms with van der Waals surface area (Å²) in [5.41, 5.74) is 2.45. The second-order valence-corrected chi connectivity index (χ2v) is 3.22. The first-order valence-corrected chi connectivity index (χ1v) is 4.47. The van der Waals surface area contributed by atoms with Gasteiger partial charge in [-0.1, -0.05) is 0 Å². The van der Waals surface area contributed by atoms with Crippen molar-refractivity contribution in [2.24, 2.45) is 0 Å². The van der Waals surface area contributed by atoms with Crippen LogP contribution >= 0.6 is 0 Å². The summed E-state index contributed by atoms with van der Waals surface area (Å²) in [6.45, 7) is 1.93. The first kappa shape index (κ1) is 7.03. The fourth-order valence-corrected chi connectivity index (χ4v) is 1.78. The van der Waals surface area contributed by atoms with Crippen LogP contribution in [0.25, 0.3) is 5.78 Å². The molecule has 0 atom stereocenters. The third-order valence-corrected chi connectivity index (χ3v) is 2.42. The SMILES string of the molecule is c1cnc2nc3c(n2c1)CNCC3. The molecule has 1 N–H and O–H groups in total. The van der Waals surface area contributed by atoms with E-state index in [0.717, 1.165) is 25.3 Å². The van der Waals surface area contributed by atoms with Gasteiger partial charge < -0.3 is 5.32 Å². The highest BCUT2D eigenvalue weighted by Crippen LogP contribution is 2.13. The van der Waals surface area contributed by atoms with Gasteiger partial charge in [0.2, 0.25) is 5.78 Å². The van der Waals surface area contributed by atoms with Crippen LogP contribution in [0, 0.1) is 0 Å². The maximum absolute atomic E-state index is 4.47. The molecule has 0 aliphatic carbocycles. The normalized spacial score (nSPS) is 16.0. The average Bonchev–Trinajstić information content (AvgIpc) is 2.56. The minimum Gasteiger partial charge on any atom is -0.311 e. The van der Waals surface area contributed by atoms with Gasteiger partial charge in [0.05, 0.1) is 11.4 Å². The predicted molar refractivity (Wildman–Crippen MR) is 48.4 cm³/mol. The van der Waals surface area contributed by atoms with Crippen LogP contribution in [0.4, 0.5) is 0 Å². The molecule has 3 heterocycles. The highest BCUT2D eigenvalue weighted by atomic mass is 15.1. The maximum Gasteiger partial charge on any atom is 0.234 e.